The van der Waals surface area contributed by atoms with Gasteiger partial charge in [0.05, 0.1) is 12.0 Å². The van der Waals surface area contributed by atoms with Crippen LogP contribution in [0.3, 0.4) is 0 Å². The maximum absolute atomic E-state index is 12.7. The lowest BCUT2D eigenvalue weighted by Crippen LogP contribution is -2.34. The summed E-state index contributed by atoms with van der Waals surface area (Å²) in [6.45, 7) is 0.833. The fourth-order valence-electron chi connectivity index (χ4n) is 2.91. The third-order valence-electron chi connectivity index (χ3n) is 4.44. The number of thioether (sulfide) groups is 1. The lowest BCUT2D eigenvalue weighted by Gasteiger charge is -2.14. The predicted octanol–water partition coefficient (Wildman–Crippen LogP) is 3.65. The molecule has 1 aliphatic heterocycles. The Hall–Kier alpha value is -2.64. The number of benzene rings is 2. The van der Waals surface area contributed by atoms with E-state index < -0.39 is 0 Å². The zero-order chi connectivity index (χ0) is 20.6. The Balaban J connectivity index is 1.52. The molecule has 1 fully saturated rings. The van der Waals surface area contributed by atoms with Crippen molar-refractivity contribution in [3.8, 4) is 5.75 Å². The van der Waals surface area contributed by atoms with Crippen LogP contribution in [0.2, 0.25) is 0 Å². The van der Waals surface area contributed by atoms with Crippen LogP contribution in [-0.2, 0) is 16.0 Å². The highest BCUT2D eigenvalue weighted by Gasteiger charge is 2.32. The Kier molecular flexibility index (Phi) is 7.43. The minimum absolute atomic E-state index is 0.0938. The quantitative estimate of drug-likeness (QED) is 0.516. The van der Waals surface area contributed by atoms with Crippen molar-refractivity contribution >= 4 is 46.2 Å². The number of amides is 2. The first-order chi connectivity index (χ1) is 14.1. The third-order valence-corrected chi connectivity index (χ3v) is 5.82. The van der Waals surface area contributed by atoms with Crippen molar-refractivity contribution < 1.29 is 14.3 Å². The van der Waals surface area contributed by atoms with Crippen molar-refractivity contribution in [3.05, 3.63) is 70.6 Å². The second kappa shape index (κ2) is 10.2. The van der Waals surface area contributed by atoms with Gasteiger partial charge in [0, 0.05) is 25.1 Å². The molecule has 0 atom stereocenters. The summed E-state index contributed by atoms with van der Waals surface area (Å²) in [5.41, 5.74) is 1.99. The molecular weight excluding hydrogens is 404 g/mol. The van der Waals surface area contributed by atoms with Crippen molar-refractivity contribution in [1.29, 1.82) is 0 Å². The molecule has 7 heteroatoms. The summed E-state index contributed by atoms with van der Waals surface area (Å²) < 4.78 is 5.79. The summed E-state index contributed by atoms with van der Waals surface area (Å²) in [6, 6.07) is 17.5. The molecule has 0 spiro atoms. The monoisotopic (exact) mass is 426 g/mol. The number of ether oxygens (including phenoxy) is 1. The van der Waals surface area contributed by atoms with Crippen LogP contribution in [0.15, 0.2) is 59.5 Å². The van der Waals surface area contributed by atoms with E-state index >= 15 is 0 Å². The van der Waals surface area contributed by atoms with E-state index in [1.807, 2.05) is 54.6 Å². The molecule has 1 aliphatic rings. The molecular formula is C22H22N2O3S2. The van der Waals surface area contributed by atoms with Gasteiger partial charge in [-0.25, -0.2) is 0 Å². The van der Waals surface area contributed by atoms with Crippen LogP contribution in [0.4, 0.5) is 0 Å². The van der Waals surface area contributed by atoms with E-state index in [-0.39, 0.29) is 24.8 Å². The summed E-state index contributed by atoms with van der Waals surface area (Å²) in [5.74, 6) is 0.419. The van der Waals surface area contributed by atoms with Gasteiger partial charge < -0.3 is 10.1 Å². The summed E-state index contributed by atoms with van der Waals surface area (Å²) in [5, 5.41) is 2.89. The van der Waals surface area contributed by atoms with E-state index in [1.54, 1.807) is 13.2 Å². The highest BCUT2D eigenvalue weighted by molar-refractivity contribution is 8.26. The lowest BCUT2D eigenvalue weighted by molar-refractivity contribution is -0.123. The van der Waals surface area contributed by atoms with Crippen LogP contribution in [-0.4, -0.2) is 41.2 Å². The van der Waals surface area contributed by atoms with Gasteiger partial charge in [-0.2, -0.15) is 0 Å². The molecule has 0 radical (unpaired) electrons. The largest absolute Gasteiger partial charge is 0.496 e. The molecule has 0 bridgehead atoms. The summed E-state index contributed by atoms with van der Waals surface area (Å²) in [7, 11) is 1.59. The Morgan fingerprint density at radius 2 is 1.90 bits per heavy atom. The van der Waals surface area contributed by atoms with Gasteiger partial charge in [0.15, 0.2) is 0 Å². The molecule has 2 aromatic carbocycles. The number of para-hydroxylation sites is 1. The van der Waals surface area contributed by atoms with E-state index in [1.165, 1.54) is 22.2 Å². The summed E-state index contributed by atoms with van der Waals surface area (Å²) in [4.78, 5) is 26.9. The molecule has 0 aliphatic carbocycles. The average molecular weight is 427 g/mol. The average Bonchev–Trinajstić information content (AvgIpc) is 3.00. The van der Waals surface area contributed by atoms with E-state index in [9.17, 15) is 9.59 Å². The molecule has 1 saturated heterocycles. The first kappa shape index (κ1) is 21.1. The van der Waals surface area contributed by atoms with E-state index in [0.29, 0.717) is 21.5 Å². The molecule has 150 valence electrons. The van der Waals surface area contributed by atoms with Gasteiger partial charge in [-0.1, -0.05) is 72.5 Å². The maximum atomic E-state index is 12.7. The summed E-state index contributed by atoms with van der Waals surface area (Å²) >= 11 is 6.58. The Bertz CT molecular complexity index is 929. The van der Waals surface area contributed by atoms with Gasteiger partial charge in [0.2, 0.25) is 5.91 Å². The van der Waals surface area contributed by atoms with Crippen molar-refractivity contribution in [2.24, 2.45) is 0 Å². The van der Waals surface area contributed by atoms with Crippen molar-refractivity contribution in [1.82, 2.24) is 10.2 Å². The fourth-order valence-corrected chi connectivity index (χ4v) is 4.21. The number of nitrogens with one attached hydrogen (secondary N) is 1. The highest BCUT2D eigenvalue weighted by Crippen LogP contribution is 2.34. The number of methoxy groups -OCH3 is 1. The predicted molar refractivity (Wildman–Crippen MR) is 121 cm³/mol. The molecule has 1 N–H and O–H groups in total. The minimum atomic E-state index is -0.178. The molecule has 2 aromatic rings. The number of rotatable bonds is 8. The zero-order valence-electron chi connectivity index (χ0n) is 16.1. The van der Waals surface area contributed by atoms with E-state index in [0.717, 1.165) is 12.0 Å². The zero-order valence-corrected chi connectivity index (χ0v) is 17.7. The first-order valence-electron chi connectivity index (χ1n) is 9.27. The van der Waals surface area contributed by atoms with Crippen molar-refractivity contribution in [2.75, 3.05) is 20.2 Å². The van der Waals surface area contributed by atoms with Crippen LogP contribution in [0.5, 0.6) is 5.75 Å². The van der Waals surface area contributed by atoms with Crippen LogP contribution in [0, 0.1) is 0 Å². The lowest BCUT2D eigenvalue weighted by atomic mass is 10.1. The van der Waals surface area contributed by atoms with Crippen LogP contribution < -0.4 is 10.1 Å². The van der Waals surface area contributed by atoms with Gasteiger partial charge in [-0.3, -0.25) is 14.5 Å². The van der Waals surface area contributed by atoms with Crippen LogP contribution in [0.25, 0.3) is 6.08 Å². The SMILES string of the molecule is COc1ccccc1/C=C1\SC(=S)N(CCC(=O)NCCc2ccccc2)C1=O. The standard InChI is InChI=1S/C22H22N2O3S2/c1-27-18-10-6-5-9-17(18)15-19-21(26)24(22(28)29-19)14-12-20(25)23-13-11-16-7-3-2-4-8-16/h2-10,15H,11-14H2,1H3,(H,23,25)/b19-15-. The first-order valence-corrected chi connectivity index (χ1v) is 10.5. The minimum Gasteiger partial charge on any atom is -0.496 e. The van der Waals surface area contributed by atoms with Gasteiger partial charge in [-0.15, -0.1) is 0 Å². The molecule has 0 saturated carbocycles. The number of thiocarbonyl (C=S) groups is 1. The van der Waals surface area contributed by atoms with E-state index in [4.69, 9.17) is 17.0 Å². The van der Waals surface area contributed by atoms with Gasteiger partial charge in [-0.05, 0) is 24.1 Å². The molecule has 0 aromatic heterocycles. The molecule has 0 unspecified atom stereocenters. The smallest absolute Gasteiger partial charge is 0.266 e. The number of nitrogens with zero attached hydrogens (tertiary/aromatic N) is 1. The van der Waals surface area contributed by atoms with Gasteiger partial charge >= 0.3 is 0 Å². The molecule has 1 heterocycles. The van der Waals surface area contributed by atoms with Crippen molar-refractivity contribution in [2.45, 2.75) is 12.8 Å². The van der Waals surface area contributed by atoms with Gasteiger partial charge in [0.25, 0.3) is 5.91 Å². The van der Waals surface area contributed by atoms with E-state index in [2.05, 4.69) is 5.32 Å². The molecule has 5 nitrogen and oxygen atoms in total. The number of hydrogen-bond donors (Lipinski definition) is 1. The normalized spacial score (nSPS) is 15.1. The Morgan fingerprint density at radius 3 is 2.66 bits per heavy atom. The maximum Gasteiger partial charge on any atom is 0.266 e. The fraction of sp³-hybridized carbons (Fsp3) is 0.227. The molecule has 3 rings (SSSR count). The number of carbonyl (C=O) groups excluding carboxylic acids is 2. The topological polar surface area (TPSA) is 58.6 Å². The molecule has 29 heavy (non-hydrogen) atoms. The number of carbonyl (C=O) groups is 2. The second-order valence-electron chi connectivity index (χ2n) is 6.41. The third kappa shape index (κ3) is 5.68. The number of hydrogen-bond acceptors (Lipinski definition) is 5. The summed E-state index contributed by atoms with van der Waals surface area (Å²) in [6.07, 6.45) is 2.76. The van der Waals surface area contributed by atoms with Crippen LogP contribution >= 0.6 is 24.0 Å². The van der Waals surface area contributed by atoms with Crippen molar-refractivity contribution in [3.63, 3.8) is 0 Å². The molecule has 2 amide bonds. The second-order valence-corrected chi connectivity index (χ2v) is 8.09. The Labute approximate surface area is 180 Å². The van der Waals surface area contributed by atoms with Gasteiger partial charge in [0.1, 0.15) is 10.1 Å². The Morgan fingerprint density at radius 1 is 1.17 bits per heavy atom. The highest BCUT2D eigenvalue weighted by atomic mass is 32.2. The van der Waals surface area contributed by atoms with Crippen LogP contribution in [0.1, 0.15) is 17.5 Å².